The van der Waals surface area contributed by atoms with Gasteiger partial charge in [-0.2, -0.15) is 0 Å². The highest BCUT2D eigenvalue weighted by atomic mass is 79.9. The first kappa shape index (κ1) is 13.9. The molecule has 0 radical (unpaired) electrons. The second kappa shape index (κ2) is 6.09. The van der Waals surface area contributed by atoms with Gasteiger partial charge in [0.15, 0.2) is 0 Å². The van der Waals surface area contributed by atoms with Crippen LogP contribution in [0.4, 0.5) is 5.69 Å². The fourth-order valence-corrected chi connectivity index (χ4v) is 3.33. The molecule has 2 aromatic rings. The summed E-state index contributed by atoms with van der Waals surface area (Å²) in [6, 6.07) is 10.6. The fraction of sp³-hybridized carbons (Fsp3) is 0.286. The topological polar surface area (TPSA) is 12.0 Å². The van der Waals surface area contributed by atoms with Gasteiger partial charge in [-0.3, -0.25) is 0 Å². The average Bonchev–Trinajstić information content (AvgIpc) is 2.78. The van der Waals surface area contributed by atoms with Crippen LogP contribution in [0.15, 0.2) is 34.8 Å². The molecular weight excluding hydrogens is 330 g/mol. The molecule has 1 N–H and O–H groups in total. The summed E-state index contributed by atoms with van der Waals surface area (Å²) >= 11 is 11.1. The van der Waals surface area contributed by atoms with E-state index in [9.17, 15) is 0 Å². The number of anilines is 1. The lowest BCUT2D eigenvalue weighted by Gasteiger charge is -2.17. The third-order valence-electron chi connectivity index (χ3n) is 2.84. The minimum atomic E-state index is 0.272. The molecule has 0 amide bonds. The Balaban J connectivity index is 2.18. The van der Waals surface area contributed by atoms with Crippen LogP contribution in [0, 0.1) is 0 Å². The maximum absolute atomic E-state index is 5.97. The van der Waals surface area contributed by atoms with Gasteiger partial charge in [-0.25, -0.2) is 0 Å². The molecule has 0 fully saturated rings. The Kier molecular flexibility index (Phi) is 4.71. The average molecular weight is 345 g/mol. The van der Waals surface area contributed by atoms with Crippen molar-refractivity contribution in [1.82, 2.24) is 0 Å². The molecule has 0 saturated carbocycles. The van der Waals surface area contributed by atoms with E-state index in [0.29, 0.717) is 0 Å². The predicted molar refractivity (Wildman–Crippen MR) is 84.9 cm³/mol. The van der Waals surface area contributed by atoms with Gasteiger partial charge < -0.3 is 5.32 Å². The van der Waals surface area contributed by atoms with Crippen molar-refractivity contribution in [2.75, 3.05) is 5.32 Å². The van der Waals surface area contributed by atoms with E-state index in [0.717, 1.165) is 15.2 Å². The largest absolute Gasteiger partial charge is 0.377 e. The Hall–Kier alpha value is -0.510. The van der Waals surface area contributed by atoms with Gasteiger partial charge >= 0.3 is 0 Å². The van der Waals surface area contributed by atoms with Crippen molar-refractivity contribution in [3.63, 3.8) is 0 Å². The first-order valence-electron chi connectivity index (χ1n) is 5.90. The predicted octanol–water partition coefficient (Wildman–Crippen LogP) is 5.90. The molecule has 2 rings (SSSR count). The fourth-order valence-electron chi connectivity index (χ4n) is 1.86. The van der Waals surface area contributed by atoms with Crippen molar-refractivity contribution in [1.29, 1.82) is 0 Å². The molecule has 1 unspecified atom stereocenters. The van der Waals surface area contributed by atoms with E-state index in [4.69, 9.17) is 11.6 Å². The molecule has 1 atom stereocenters. The van der Waals surface area contributed by atoms with Crippen molar-refractivity contribution >= 4 is 44.6 Å². The standard InChI is InChI=1S/C14H15BrClNS/c1-3-10-8-11(15)4-5-12(10)17-9(2)13-6-7-14(16)18-13/h4-9,17H,3H2,1-2H3. The van der Waals surface area contributed by atoms with E-state index in [1.54, 1.807) is 11.3 Å². The van der Waals surface area contributed by atoms with Crippen LogP contribution < -0.4 is 5.32 Å². The van der Waals surface area contributed by atoms with Crippen LogP contribution in [0.1, 0.15) is 30.3 Å². The molecule has 0 spiro atoms. The first-order valence-corrected chi connectivity index (χ1v) is 7.89. The number of hydrogen-bond acceptors (Lipinski definition) is 2. The number of halogens is 2. The maximum atomic E-state index is 5.97. The van der Waals surface area contributed by atoms with Gasteiger partial charge in [0, 0.05) is 15.0 Å². The lowest BCUT2D eigenvalue weighted by Crippen LogP contribution is -2.06. The van der Waals surface area contributed by atoms with Gasteiger partial charge in [0.05, 0.1) is 10.4 Å². The quantitative estimate of drug-likeness (QED) is 0.728. The summed E-state index contributed by atoms with van der Waals surface area (Å²) in [6.07, 6.45) is 1.01. The number of hydrogen-bond donors (Lipinski definition) is 1. The van der Waals surface area contributed by atoms with Gasteiger partial charge in [0.2, 0.25) is 0 Å². The zero-order valence-corrected chi connectivity index (χ0v) is 13.5. The summed E-state index contributed by atoms with van der Waals surface area (Å²) in [5, 5.41) is 3.55. The van der Waals surface area contributed by atoms with Crippen molar-refractivity contribution in [2.45, 2.75) is 26.3 Å². The summed E-state index contributed by atoms with van der Waals surface area (Å²) in [5.74, 6) is 0. The van der Waals surface area contributed by atoms with E-state index in [1.807, 2.05) is 6.07 Å². The zero-order valence-electron chi connectivity index (χ0n) is 10.3. The summed E-state index contributed by atoms with van der Waals surface area (Å²) in [4.78, 5) is 1.25. The van der Waals surface area contributed by atoms with Crippen molar-refractivity contribution in [3.05, 3.63) is 49.6 Å². The molecule has 1 heterocycles. The van der Waals surface area contributed by atoms with Crippen LogP contribution in [-0.2, 0) is 6.42 Å². The normalized spacial score (nSPS) is 12.4. The Labute approximate surface area is 125 Å². The Morgan fingerprint density at radius 3 is 2.72 bits per heavy atom. The highest BCUT2D eigenvalue weighted by Crippen LogP contribution is 2.30. The number of nitrogens with one attached hydrogen (secondary N) is 1. The Bertz CT molecular complexity index is 538. The molecule has 0 aliphatic rings. The highest BCUT2D eigenvalue weighted by molar-refractivity contribution is 9.10. The minimum absolute atomic E-state index is 0.272. The van der Waals surface area contributed by atoms with Gasteiger partial charge in [-0.05, 0) is 49.2 Å². The molecule has 4 heteroatoms. The molecule has 0 saturated heterocycles. The summed E-state index contributed by atoms with van der Waals surface area (Å²) in [5.41, 5.74) is 2.51. The van der Waals surface area contributed by atoms with Gasteiger partial charge in [0.25, 0.3) is 0 Å². The number of benzene rings is 1. The lowest BCUT2D eigenvalue weighted by atomic mass is 10.1. The SMILES string of the molecule is CCc1cc(Br)ccc1NC(C)c1ccc(Cl)s1. The molecule has 0 aliphatic carbocycles. The van der Waals surface area contributed by atoms with Crippen LogP contribution in [0.2, 0.25) is 4.34 Å². The highest BCUT2D eigenvalue weighted by Gasteiger charge is 2.10. The van der Waals surface area contributed by atoms with Gasteiger partial charge in [-0.1, -0.05) is 34.5 Å². The molecule has 1 aromatic carbocycles. The van der Waals surface area contributed by atoms with Crippen LogP contribution in [-0.4, -0.2) is 0 Å². The zero-order chi connectivity index (χ0) is 13.1. The number of aryl methyl sites for hydroxylation is 1. The summed E-state index contributed by atoms with van der Waals surface area (Å²) < 4.78 is 1.96. The second-order valence-electron chi connectivity index (χ2n) is 4.16. The Morgan fingerprint density at radius 1 is 1.33 bits per heavy atom. The Morgan fingerprint density at radius 2 is 2.11 bits per heavy atom. The van der Waals surface area contributed by atoms with Crippen molar-refractivity contribution < 1.29 is 0 Å². The van der Waals surface area contributed by atoms with E-state index >= 15 is 0 Å². The van der Waals surface area contributed by atoms with Crippen molar-refractivity contribution in [3.8, 4) is 0 Å². The summed E-state index contributed by atoms with van der Waals surface area (Å²) in [7, 11) is 0. The van der Waals surface area contributed by atoms with E-state index in [-0.39, 0.29) is 6.04 Å². The molecule has 96 valence electrons. The molecule has 1 nitrogen and oxygen atoms in total. The van der Waals surface area contributed by atoms with Crippen molar-refractivity contribution in [2.24, 2.45) is 0 Å². The third-order valence-corrected chi connectivity index (χ3v) is 4.75. The van der Waals surface area contributed by atoms with Gasteiger partial charge in [-0.15, -0.1) is 11.3 Å². The second-order valence-corrected chi connectivity index (χ2v) is 6.83. The van der Waals surface area contributed by atoms with E-state index < -0.39 is 0 Å². The monoisotopic (exact) mass is 343 g/mol. The maximum Gasteiger partial charge on any atom is 0.0932 e. The molecule has 0 bridgehead atoms. The molecule has 0 aliphatic heterocycles. The van der Waals surface area contributed by atoms with Crippen LogP contribution in [0.5, 0.6) is 0 Å². The van der Waals surface area contributed by atoms with Crippen LogP contribution in [0.25, 0.3) is 0 Å². The van der Waals surface area contributed by atoms with Crippen LogP contribution in [0.3, 0.4) is 0 Å². The molecule has 1 aromatic heterocycles. The summed E-state index contributed by atoms with van der Waals surface area (Å²) in [6.45, 7) is 4.32. The number of rotatable bonds is 4. The number of thiophene rings is 1. The van der Waals surface area contributed by atoms with Crippen LogP contribution >= 0.6 is 38.9 Å². The minimum Gasteiger partial charge on any atom is -0.377 e. The molecular formula is C14H15BrClNS. The smallest absolute Gasteiger partial charge is 0.0932 e. The molecule has 18 heavy (non-hydrogen) atoms. The first-order chi connectivity index (χ1) is 8.60. The van der Waals surface area contributed by atoms with E-state index in [2.05, 4.69) is 59.4 Å². The third kappa shape index (κ3) is 3.28. The lowest BCUT2D eigenvalue weighted by molar-refractivity contribution is 0.901. The van der Waals surface area contributed by atoms with E-state index in [1.165, 1.54) is 16.1 Å². The van der Waals surface area contributed by atoms with Gasteiger partial charge in [0.1, 0.15) is 0 Å².